The van der Waals surface area contributed by atoms with Crippen molar-refractivity contribution in [3.63, 3.8) is 0 Å². The molecule has 1 heterocycles. The van der Waals surface area contributed by atoms with E-state index in [0.29, 0.717) is 0 Å². The van der Waals surface area contributed by atoms with Gasteiger partial charge in [0.15, 0.2) is 0 Å². The van der Waals surface area contributed by atoms with E-state index in [2.05, 4.69) is 44.2 Å². The molecule has 0 fully saturated rings. The molecule has 0 radical (unpaired) electrons. The van der Waals surface area contributed by atoms with Crippen LogP contribution in [-0.4, -0.2) is 17.0 Å². The number of halogens is 1. The van der Waals surface area contributed by atoms with E-state index in [4.69, 9.17) is 0 Å². The van der Waals surface area contributed by atoms with Crippen LogP contribution in [0.3, 0.4) is 0 Å². The number of rotatable bonds is 3. The van der Waals surface area contributed by atoms with Gasteiger partial charge >= 0.3 is 0 Å². The van der Waals surface area contributed by atoms with Gasteiger partial charge in [-0.25, -0.2) is 9.97 Å². The summed E-state index contributed by atoms with van der Waals surface area (Å²) in [5, 5.41) is 3.11. The molecule has 1 N–H and O–H groups in total. The largest absolute Gasteiger partial charge is 0.373 e. The maximum atomic E-state index is 4.41. The van der Waals surface area contributed by atoms with Crippen LogP contribution in [0.4, 0.5) is 5.82 Å². The number of hydrogen-bond acceptors (Lipinski definition) is 3. The molecule has 2 rings (SSSR count). The molecular weight excluding hydrogens is 278 g/mol. The van der Waals surface area contributed by atoms with E-state index in [-0.39, 0.29) is 0 Å². The van der Waals surface area contributed by atoms with Crippen molar-refractivity contribution in [1.29, 1.82) is 0 Å². The van der Waals surface area contributed by atoms with E-state index < -0.39 is 0 Å². The Bertz CT molecular complexity index is 526. The summed E-state index contributed by atoms with van der Waals surface area (Å²) in [4.78, 5) is 8.65. The number of nitrogens with zero attached hydrogens (tertiary/aromatic N) is 2. The average molecular weight is 292 g/mol. The molecule has 0 saturated carbocycles. The fourth-order valence-corrected chi connectivity index (χ4v) is 2.32. The first-order chi connectivity index (χ1) is 8.27. The molecule has 0 spiro atoms. The number of aromatic nitrogens is 2. The van der Waals surface area contributed by atoms with Gasteiger partial charge in [-0.1, -0.05) is 41.1 Å². The topological polar surface area (TPSA) is 37.8 Å². The highest BCUT2D eigenvalue weighted by molar-refractivity contribution is 9.10. The summed E-state index contributed by atoms with van der Waals surface area (Å²) >= 11 is 3.56. The Hall–Kier alpha value is -1.42. The van der Waals surface area contributed by atoms with Gasteiger partial charge in [-0.05, 0) is 12.5 Å². The van der Waals surface area contributed by atoms with Crippen molar-refractivity contribution >= 4 is 21.7 Å². The molecule has 88 valence electrons. The predicted molar refractivity (Wildman–Crippen MR) is 74.1 cm³/mol. The third-order valence-corrected chi connectivity index (χ3v) is 3.36. The molecule has 0 saturated heterocycles. The number of anilines is 1. The average Bonchev–Trinajstić information content (AvgIpc) is 2.38. The van der Waals surface area contributed by atoms with Crippen LogP contribution in [0.1, 0.15) is 12.5 Å². The normalized spacial score (nSPS) is 10.3. The number of hydrogen-bond donors (Lipinski definition) is 1. The van der Waals surface area contributed by atoms with Crippen LogP contribution >= 0.6 is 15.9 Å². The van der Waals surface area contributed by atoms with E-state index in [1.54, 1.807) is 6.33 Å². The van der Waals surface area contributed by atoms with Crippen LogP contribution in [0.15, 0.2) is 35.1 Å². The van der Waals surface area contributed by atoms with Crippen LogP contribution in [0.5, 0.6) is 0 Å². The van der Waals surface area contributed by atoms with E-state index >= 15 is 0 Å². The summed E-state index contributed by atoms with van der Waals surface area (Å²) < 4.78 is 1.05. The van der Waals surface area contributed by atoms with Gasteiger partial charge in [-0.3, -0.25) is 0 Å². The standard InChI is InChI=1S/C13H14BrN3/c1-3-9-12(16-8-17-13(9)15-2)10-6-4-5-7-11(10)14/h4-8H,3H2,1-2H3,(H,15,16,17). The van der Waals surface area contributed by atoms with Gasteiger partial charge in [0.1, 0.15) is 12.1 Å². The first-order valence-corrected chi connectivity index (χ1v) is 6.33. The second-order valence-electron chi connectivity index (χ2n) is 3.63. The summed E-state index contributed by atoms with van der Waals surface area (Å²) in [6.07, 6.45) is 2.49. The lowest BCUT2D eigenvalue weighted by molar-refractivity contribution is 1.05. The van der Waals surface area contributed by atoms with Crippen molar-refractivity contribution in [2.75, 3.05) is 12.4 Å². The van der Waals surface area contributed by atoms with Crippen molar-refractivity contribution in [1.82, 2.24) is 9.97 Å². The van der Waals surface area contributed by atoms with Crippen LogP contribution in [-0.2, 0) is 6.42 Å². The van der Waals surface area contributed by atoms with Crippen molar-refractivity contribution in [3.8, 4) is 11.3 Å². The van der Waals surface area contributed by atoms with Crippen LogP contribution in [0, 0.1) is 0 Å². The molecule has 2 aromatic rings. The van der Waals surface area contributed by atoms with Crippen molar-refractivity contribution in [2.45, 2.75) is 13.3 Å². The van der Waals surface area contributed by atoms with E-state index in [1.165, 1.54) is 0 Å². The Kier molecular flexibility index (Phi) is 3.74. The van der Waals surface area contributed by atoms with Gasteiger partial charge in [-0.15, -0.1) is 0 Å². The Balaban J connectivity index is 2.63. The van der Waals surface area contributed by atoms with E-state index in [0.717, 1.165) is 33.5 Å². The Morgan fingerprint density at radius 2 is 2.00 bits per heavy atom. The minimum atomic E-state index is 0.897. The lowest BCUT2D eigenvalue weighted by atomic mass is 10.0. The maximum absolute atomic E-state index is 4.41. The molecule has 0 unspecified atom stereocenters. The Morgan fingerprint density at radius 1 is 1.24 bits per heavy atom. The molecule has 0 atom stereocenters. The second-order valence-corrected chi connectivity index (χ2v) is 4.49. The first-order valence-electron chi connectivity index (χ1n) is 5.54. The summed E-state index contributed by atoms with van der Waals surface area (Å²) in [6.45, 7) is 2.11. The molecule has 4 heteroatoms. The quantitative estimate of drug-likeness (QED) is 0.940. The fourth-order valence-electron chi connectivity index (χ4n) is 1.85. The zero-order valence-corrected chi connectivity index (χ0v) is 11.5. The lowest BCUT2D eigenvalue weighted by Gasteiger charge is -2.12. The molecule has 1 aromatic heterocycles. The Morgan fingerprint density at radius 3 is 2.65 bits per heavy atom. The molecule has 17 heavy (non-hydrogen) atoms. The SMILES string of the molecule is CCc1c(NC)ncnc1-c1ccccc1Br. The summed E-state index contributed by atoms with van der Waals surface area (Å²) in [6, 6.07) is 8.10. The molecule has 0 aliphatic heterocycles. The van der Waals surface area contributed by atoms with E-state index in [1.807, 2.05) is 25.2 Å². The summed E-state index contributed by atoms with van der Waals surface area (Å²) in [5.41, 5.74) is 3.23. The predicted octanol–water partition coefficient (Wildman–Crippen LogP) is 3.51. The molecule has 0 amide bonds. The second kappa shape index (κ2) is 5.27. The maximum Gasteiger partial charge on any atom is 0.132 e. The minimum Gasteiger partial charge on any atom is -0.373 e. The minimum absolute atomic E-state index is 0.897. The van der Waals surface area contributed by atoms with Gasteiger partial charge in [0.05, 0.1) is 5.69 Å². The monoisotopic (exact) mass is 291 g/mol. The lowest BCUT2D eigenvalue weighted by Crippen LogP contribution is -2.02. The molecule has 1 aromatic carbocycles. The molecule has 0 aliphatic rings. The fraction of sp³-hybridized carbons (Fsp3) is 0.231. The van der Waals surface area contributed by atoms with Gasteiger partial charge in [0, 0.05) is 22.6 Å². The third-order valence-electron chi connectivity index (χ3n) is 2.66. The molecule has 0 aliphatic carbocycles. The van der Waals surface area contributed by atoms with Gasteiger partial charge in [-0.2, -0.15) is 0 Å². The number of benzene rings is 1. The number of nitrogens with one attached hydrogen (secondary N) is 1. The highest BCUT2D eigenvalue weighted by atomic mass is 79.9. The van der Waals surface area contributed by atoms with E-state index in [9.17, 15) is 0 Å². The molecular formula is C13H14BrN3. The van der Waals surface area contributed by atoms with Crippen LogP contribution < -0.4 is 5.32 Å². The third kappa shape index (κ3) is 2.31. The van der Waals surface area contributed by atoms with Crippen LogP contribution in [0.2, 0.25) is 0 Å². The van der Waals surface area contributed by atoms with Crippen molar-refractivity contribution in [2.24, 2.45) is 0 Å². The van der Waals surface area contributed by atoms with Gasteiger partial charge in [0.2, 0.25) is 0 Å². The zero-order chi connectivity index (χ0) is 12.3. The molecule has 3 nitrogen and oxygen atoms in total. The van der Waals surface area contributed by atoms with Crippen LogP contribution in [0.25, 0.3) is 11.3 Å². The van der Waals surface area contributed by atoms with Gasteiger partial charge < -0.3 is 5.32 Å². The first kappa shape index (κ1) is 12.0. The highest BCUT2D eigenvalue weighted by Crippen LogP contribution is 2.31. The van der Waals surface area contributed by atoms with Gasteiger partial charge in [0.25, 0.3) is 0 Å². The zero-order valence-electron chi connectivity index (χ0n) is 9.87. The highest BCUT2D eigenvalue weighted by Gasteiger charge is 2.12. The summed E-state index contributed by atoms with van der Waals surface area (Å²) in [7, 11) is 1.88. The van der Waals surface area contributed by atoms with Crippen molar-refractivity contribution in [3.05, 3.63) is 40.6 Å². The Labute approximate surface area is 109 Å². The molecule has 0 bridgehead atoms. The smallest absolute Gasteiger partial charge is 0.132 e. The van der Waals surface area contributed by atoms with Crippen molar-refractivity contribution < 1.29 is 0 Å². The summed E-state index contributed by atoms with van der Waals surface area (Å²) in [5.74, 6) is 0.897.